The van der Waals surface area contributed by atoms with Gasteiger partial charge in [0.15, 0.2) is 0 Å². The predicted molar refractivity (Wildman–Crippen MR) is 140 cm³/mol. The van der Waals surface area contributed by atoms with Gasteiger partial charge in [0.2, 0.25) is 17.7 Å². The van der Waals surface area contributed by atoms with Crippen LogP contribution in [0.15, 0.2) is 30.3 Å². The molecule has 4 rings (SSSR count). The van der Waals surface area contributed by atoms with Gasteiger partial charge >= 0.3 is 0 Å². The zero-order valence-electron chi connectivity index (χ0n) is 22.3. The molecule has 3 N–H and O–H groups in total. The van der Waals surface area contributed by atoms with Crippen molar-refractivity contribution in [2.45, 2.75) is 95.4 Å². The number of nitrogens with one attached hydrogen (secondary N) is 2. The van der Waals surface area contributed by atoms with Crippen molar-refractivity contribution in [3.63, 3.8) is 0 Å². The predicted octanol–water partition coefficient (Wildman–Crippen LogP) is 2.93. The maximum atomic E-state index is 14.0. The van der Waals surface area contributed by atoms with E-state index in [2.05, 4.69) is 17.6 Å². The lowest BCUT2D eigenvalue weighted by atomic mass is 9.65. The third kappa shape index (κ3) is 5.15. The molecule has 8 heteroatoms. The molecular weight excluding hydrogens is 470 g/mol. The SMILES string of the molecule is CCCCCNC(=O)C1N(CCCCCO)C(=O)[C@@H]2[C@H](C(=O)NCc3ccccc3)[C@]3(CC)CCC12O3. The summed E-state index contributed by atoms with van der Waals surface area (Å²) in [7, 11) is 0. The molecule has 0 saturated carbocycles. The van der Waals surface area contributed by atoms with Crippen molar-refractivity contribution < 1.29 is 24.2 Å². The fraction of sp³-hybridized carbons (Fsp3) is 0.690. The van der Waals surface area contributed by atoms with Gasteiger partial charge in [-0.2, -0.15) is 0 Å². The average molecular weight is 514 g/mol. The van der Waals surface area contributed by atoms with Crippen LogP contribution in [0.4, 0.5) is 0 Å². The number of hydrogen-bond acceptors (Lipinski definition) is 5. The van der Waals surface area contributed by atoms with Gasteiger partial charge in [-0.1, -0.05) is 57.0 Å². The highest BCUT2D eigenvalue weighted by atomic mass is 16.5. The molecule has 2 unspecified atom stereocenters. The Bertz CT molecular complexity index is 956. The molecule has 8 nitrogen and oxygen atoms in total. The zero-order valence-corrected chi connectivity index (χ0v) is 22.3. The Balaban J connectivity index is 1.59. The van der Waals surface area contributed by atoms with Crippen molar-refractivity contribution in [1.82, 2.24) is 15.5 Å². The number of carbonyl (C=O) groups excluding carboxylic acids is 3. The topological polar surface area (TPSA) is 108 Å². The van der Waals surface area contributed by atoms with E-state index in [4.69, 9.17) is 4.74 Å². The molecule has 3 fully saturated rings. The molecule has 2 bridgehead atoms. The van der Waals surface area contributed by atoms with E-state index >= 15 is 0 Å². The van der Waals surface area contributed by atoms with Crippen LogP contribution in [0.5, 0.6) is 0 Å². The number of benzene rings is 1. The van der Waals surface area contributed by atoms with E-state index in [1.807, 2.05) is 37.3 Å². The van der Waals surface area contributed by atoms with Crippen molar-refractivity contribution in [1.29, 1.82) is 0 Å². The molecule has 1 spiro atoms. The van der Waals surface area contributed by atoms with Gasteiger partial charge < -0.3 is 25.4 Å². The first-order valence-electron chi connectivity index (χ1n) is 14.1. The minimum atomic E-state index is -0.979. The summed E-state index contributed by atoms with van der Waals surface area (Å²) in [6.45, 7) is 5.60. The molecular formula is C29H43N3O5. The molecule has 37 heavy (non-hydrogen) atoms. The van der Waals surface area contributed by atoms with E-state index in [-0.39, 0.29) is 24.3 Å². The fourth-order valence-electron chi connectivity index (χ4n) is 6.81. The third-order valence-corrected chi connectivity index (χ3v) is 8.66. The second kappa shape index (κ2) is 11.9. The number of likely N-dealkylation sites (tertiary alicyclic amines) is 1. The molecule has 0 aliphatic carbocycles. The number of nitrogens with zero attached hydrogens (tertiary/aromatic N) is 1. The number of aliphatic hydroxyl groups excluding tert-OH is 1. The van der Waals surface area contributed by atoms with Crippen LogP contribution in [0.2, 0.25) is 0 Å². The van der Waals surface area contributed by atoms with Gasteiger partial charge in [-0.15, -0.1) is 0 Å². The van der Waals surface area contributed by atoms with Crippen molar-refractivity contribution in [2.24, 2.45) is 11.8 Å². The summed E-state index contributed by atoms with van der Waals surface area (Å²) < 4.78 is 6.77. The van der Waals surface area contributed by atoms with Crippen LogP contribution < -0.4 is 10.6 Å². The molecule has 1 aromatic rings. The van der Waals surface area contributed by atoms with E-state index in [1.165, 1.54) is 0 Å². The van der Waals surface area contributed by atoms with E-state index in [0.717, 1.165) is 31.2 Å². The Hall–Kier alpha value is -2.45. The summed E-state index contributed by atoms with van der Waals surface area (Å²) in [5.74, 6) is -1.78. The number of hydrogen-bond donors (Lipinski definition) is 3. The molecule has 3 heterocycles. The van der Waals surface area contributed by atoms with Crippen LogP contribution in [0.3, 0.4) is 0 Å². The monoisotopic (exact) mass is 513 g/mol. The van der Waals surface area contributed by atoms with Gasteiger partial charge in [-0.05, 0) is 50.5 Å². The lowest BCUT2D eigenvalue weighted by Crippen LogP contribution is -2.55. The number of rotatable bonds is 14. The van der Waals surface area contributed by atoms with Gasteiger partial charge in [0.1, 0.15) is 11.6 Å². The van der Waals surface area contributed by atoms with Crippen LogP contribution in [0.25, 0.3) is 0 Å². The van der Waals surface area contributed by atoms with Crippen molar-refractivity contribution in [3.8, 4) is 0 Å². The molecule has 5 atom stereocenters. The summed E-state index contributed by atoms with van der Waals surface area (Å²) in [6, 6.07) is 8.99. The largest absolute Gasteiger partial charge is 0.396 e. The first-order chi connectivity index (χ1) is 17.9. The highest BCUT2D eigenvalue weighted by Gasteiger charge is 2.78. The third-order valence-electron chi connectivity index (χ3n) is 8.66. The number of carbonyl (C=O) groups is 3. The Labute approximate surface area is 220 Å². The van der Waals surface area contributed by atoms with Gasteiger partial charge in [-0.25, -0.2) is 0 Å². The lowest BCUT2D eigenvalue weighted by molar-refractivity contribution is -0.147. The summed E-state index contributed by atoms with van der Waals surface area (Å²) in [5.41, 5.74) is -0.717. The zero-order chi connectivity index (χ0) is 26.5. The molecule has 3 saturated heterocycles. The van der Waals surface area contributed by atoms with Gasteiger partial charge in [0.05, 0.1) is 17.4 Å². The average Bonchev–Trinajstić information content (AvgIpc) is 3.52. The molecule has 0 radical (unpaired) electrons. The smallest absolute Gasteiger partial charge is 0.245 e. The molecule has 1 aromatic carbocycles. The molecule has 3 aliphatic rings. The number of unbranched alkanes of at least 4 members (excludes halogenated alkanes) is 4. The number of ether oxygens (including phenoxy) is 1. The molecule has 0 aromatic heterocycles. The summed E-state index contributed by atoms with van der Waals surface area (Å²) >= 11 is 0. The minimum absolute atomic E-state index is 0.105. The van der Waals surface area contributed by atoms with Crippen molar-refractivity contribution in [3.05, 3.63) is 35.9 Å². The Morgan fingerprint density at radius 2 is 1.81 bits per heavy atom. The highest BCUT2D eigenvalue weighted by molar-refractivity contribution is 5.99. The summed E-state index contributed by atoms with van der Waals surface area (Å²) in [5, 5.41) is 15.3. The number of aliphatic hydroxyl groups is 1. The second-order valence-corrected chi connectivity index (χ2v) is 10.9. The van der Waals surface area contributed by atoms with E-state index in [1.54, 1.807) is 4.90 Å². The Kier molecular flexibility index (Phi) is 8.90. The first kappa shape index (κ1) is 27.6. The summed E-state index contributed by atoms with van der Waals surface area (Å²) in [4.78, 5) is 43.0. The van der Waals surface area contributed by atoms with Gasteiger partial charge in [0.25, 0.3) is 0 Å². The van der Waals surface area contributed by atoms with Crippen LogP contribution in [0.1, 0.15) is 77.2 Å². The number of fused-ring (bicyclic) bond motifs is 1. The lowest BCUT2D eigenvalue weighted by Gasteiger charge is -2.34. The van der Waals surface area contributed by atoms with Crippen LogP contribution >= 0.6 is 0 Å². The van der Waals surface area contributed by atoms with Crippen LogP contribution in [0, 0.1) is 11.8 Å². The molecule has 3 aliphatic heterocycles. The first-order valence-corrected chi connectivity index (χ1v) is 14.1. The Morgan fingerprint density at radius 3 is 2.51 bits per heavy atom. The van der Waals surface area contributed by atoms with Crippen LogP contribution in [-0.4, -0.2) is 64.7 Å². The normalized spacial score (nSPS) is 30.0. The standard InChI is InChI=1S/C29H43N3O5/c1-3-5-10-17-30-26(35)24-29-16-15-28(4-2,37-29)22(25(34)31-20-21-13-8-6-9-14-21)23(29)27(36)32(24)18-11-7-12-19-33/h6,8-9,13-14,22-24,33H,3-5,7,10-12,15-20H2,1-2H3,(H,30,35)(H,31,34)/t22-,23+,24?,28+,29?/m1/s1. The number of amides is 3. The second-order valence-electron chi connectivity index (χ2n) is 10.9. The molecule has 3 amide bonds. The van der Waals surface area contributed by atoms with E-state index in [9.17, 15) is 19.5 Å². The highest BCUT2D eigenvalue weighted by Crippen LogP contribution is 2.64. The van der Waals surface area contributed by atoms with E-state index in [0.29, 0.717) is 51.7 Å². The quantitative estimate of drug-likeness (QED) is 0.332. The molecule has 204 valence electrons. The van der Waals surface area contributed by atoms with Crippen molar-refractivity contribution in [2.75, 3.05) is 19.7 Å². The van der Waals surface area contributed by atoms with Crippen LogP contribution in [-0.2, 0) is 25.7 Å². The fourth-order valence-corrected chi connectivity index (χ4v) is 6.81. The minimum Gasteiger partial charge on any atom is -0.396 e. The van der Waals surface area contributed by atoms with Crippen molar-refractivity contribution >= 4 is 17.7 Å². The van der Waals surface area contributed by atoms with Gasteiger partial charge in [0, 0.05) is 26.2 Å². The summed E-state index contributed by atoms with van der Waals surface area (Å²) in [6.07, 6.45) is 6.97. The maximum Gasteiger partial charge on any atom is 0.245 e. The Morgan fingerprint density at radius 1 is 1.03 bits per heavy atom. The maximum absolute atomic E-state index is 14.0. The van der Waals surface area contributed by atoms with Gasteiger partial charge in [-0.3, -0.25) is 14.4 Å². The van der Waals surface area contributed by atoms with E-state index < -0.39 is 29.1 Å².